The van der Waals surface area contributed by atoms with Crippen molar-refractivity contribution in [3.63, 3.8) is 0 Å². The summed E-state index contributed by atoms with van der Waals surface area (Å²) in [6.07, 6.45) is 3.77. The number of ether oxygens (including phenoxy) is 1. The standard InChI is InChI=1S/C11H21N3O2/c1-10(9-16-2)5-12-6-11-7-13-14(8-11)3-4-15/h7-8,10,12,15H,3-6,9H2,1-2H3. The maximum atomic E-state index is 8.75. The second kappa shape index (κ2) is 7.38. The minimum absolute atomic E-state index is 0.124. The molecule has 0 radical (unpaired) electrons. The lowest BCUT2D eigenvalue weighted by atomic mass is 10.2. The van der Waals surface area contributed by atoms with Gasteiger partial charge < -0.3 is 15.2 Å². The Morgan fingerprint density at radius 2 is 2.44 bits per heavy atom. The van der Waals surface area contributed by atoms with E-state index in [1.54, 1.807) is 11.8 Å². The molecule has 0 spiro atoms. The van der Waals surface area contributed by atoms with Crippen molar-refractivity contribution in [1.82, 2.24) is 15.1 Å². The van der Waals surface area contributed by atoms with Crippen molar-refractivity contribution in [1.29, 1.82) is 0 Å². The van der Waals surface area contributed by atoms with E-state index < -0.39 is 0 Å². The largest absolute Gasteiger partial charge is 0.394 e. The Kier molecular flexibility index (Phi) is 6.07. The zero-order chi connectivity index (χ0) is 11.8. The Hall–Kier alpha value is -0.910. The van der Waals surface area contributed by atoms with E-state index >= 15 is 0 Å². The van der Waals surface area contributed by atoms with Crippen LogP contribution in [-0.2, 0) is 17.8 Å². The van der Waals surface area contributed by atoms with Gasteiger partial charge in [-0.3, -0.25) is 4.68 Å². The Morgan fingerprint density at radius 1 is 1.62 bits per heavy atom. The average Bonchev–Trinajstić information content (AvgIpc) is 2.67. The number of aliphatic hydroxyl groups excluding tert-OH is 1. The first kappa shape index (κ1) is 13.2. The third kappa shape index (κ3) is 4.74. The molecule has 2 N–H and O–H groups in total. The predicted molar refractivity (Wildman–Crippen MR) is 62.1 cm³/mol. The quantitative estimate of drug-likeness (QED) is 0.668. The zero-order valence-corrected chi connectivity index (χ0v) is 10.0. The van der Waals surface area contributed by atoms with Gasteiger partial charge in [0, 0.05) is 38.6 Å². The molecule has 5 heteroatoms. The molecule has 0 aliphatic rings. The van der Waals surface area contributed by atoms with Gasteiger partial charge in [-0.2, -0.15) is 5.10 Å². The highest BCUT2D eigenvalue weighted by Gasteiger charge is 2.02. The van der Waals surface area contributed by atoms with E-state index in [0.717, 1.165) is 25.3 Å². The van der Waals surface area contributed by atoms with E-state index in [-0.39, 0.29) is 6.61 Å². The number of methoxy groups -OCH3 is 1. The number of aliphatic hydroxyl groups is 1. The fourth-order valence-corrected chi connectivity index (χ4v) is 1.53. The predicted octanol–water partition coefficient (Wildman–Crippen LogP) is 0.247. The normalized spacial score (nSPS) is 12.9. The Balaban J connectivity index is 2.21. The number of hydrogen-bond donors (Lipinski definition) is 2. The summed E-state index contributed by atoms with van der Waals surface area (Å²) in [6, 6.07) is 0. The van der Waals surface area contributed by atoms with Crippen LogP contribution in [0.15, 0.2) is 12.4 Å². The van der Waals surface area contributed by atoms with Crippen molar-refractivity contribution >= 4 is 0 Å². The summed E-state index contributed by atoms with van der Waals surface area (Å²) in [5, 5.41) is 16.2. The van der Waals surface area contributed by atoms with Crippen LogP contribution in [0.5, 0.6) is 0 Å². The summed E-state index contributed by atoms with van der Waals surface area (Å²) in [5.41, 5.74) is 1.14. The van der Waals surface area contributed by atoms with Gasteiger partial charge in [0.2, 0.25) is 0 Å². The minimum Gasteiger partial charge on any atom is -0.394 e. The molecular weight excluding hydrogens is 206 g/mol. The molecule has 0 amide bonds. The molecule has 1 atom stereocenters. The topological polar surface area (TPSA) is 59.3 Å². The Bertz CT molecular complexity index is 289. The van der Waals surface area contributed by atoms with Crippen LogP contribution in [0, 0.1) is 5.92 Å². The van der Waals surface area contributed by atoms with Crippen molar-refractivity contribution in [3.05, 3.63) is 18.0 Å². The maximum absolute atomic E-state index is 8.75. The van der Waals surface area contributed by atoms with Crippen molar-refractivity contribution in [2.24, 2.45) is 5.92 Å². The molecule has 0 bridgehead atoms. The van der Waals surface area contributed by atoms with E-state index in [4.69, 9.17) is 9.84 Å². The molecule has 1 heterocycles. The molecule has 0 aromatic carbocycles. The third-order valence-corrected chi connectivity index (χ3v) is 2.29. The molecule has 1 aromatic heterocycles. The summed E-state index contributed by atoms with van der Waals surface area (Å²) in [6.45, 7) is 5.33. The Morgan fingerprint density at radius 3 is 3.12 bits per heavy atom. The fraction of sp³-hybridized carbons (Fsp3) is 0.727. The lowest BCUT2D eigenvalue weighted by molar-refractivity contribution is 0.158. The zero-order valence-electron chi connectivity index (χ0n) is 10.0. The number of hydrogen-bond acceptors (Lipinski definition) is 4. The van der Waals surface area contributed by atoms with E-state index in [1.807, 2.05) is 12.4 Å². The lowest BCUT2D eigenvalue weighted by Crippen LogP contribution is -2.23. The second-order valence-corrected chi connectivity index (χ2v) is 4.03. The monoisotopic (exact) mass is 227 g/mol. The molecule has 0 aliphatic carbocycles. The highest BCUT2D eigenvalue weighted by molar-refractivity contribution is 5.03. The number of nitrogens with zero attached hydrogens (tertiary/aromatic N) is 2. The summed E-state index contributed by atoms with van der Waals surface area (Å²) in [5.74, 6) is 0.512. The third-order valence-electron chi connectivity index (χ3n) is 2.29. The van der Waals surface area contributed by atoms with Gasteiger partial charge in [-0.25, -0.2) is 0 Å². The highest BCUT2D eigenvalue weighted by Crippen LogP contribution is 1.98. The highest BCUT2D eigenvalue weighted by atomic mass is 16.5. The molecule has 0 aliphatic heterocycles. The first-order chi connectivity index (χ1) is 7.76. The van der Waals surface area contributed by atoms with Crippen molar-refractivity contribution in [2.45, 2.75) is 20.0 Å². The molecule has 1 aromatic rings. The summed E-state index contributed by atoms with van der Waals surface area (Å²) in [4.78, 5) is 0. The minimum atomic E-state index is 0.124. The summed E-state index contributed by atoms with van der Waals surface area (Å²) in [7, 11) is 1.72. The van der Waals surface area contributed by atoms with Gasteiger partial charge in [-0.15, -0.1) is 0 Å². The first-order valence-corrected chi connectivity index (χ1v) is 5.58. The second-order valence-electron chi connectivity index (χ2n) is 4.03. The van der Waals surface area contributed by atoms with Crippen LogP contribution < -0.4 is 5.32 Å². The molecule has 1 rings (SSSR count). The lowest BCUT2D eigenvalue weighted by Gasteiger charge is -2.10. The van der Waals surface area contributed by atoms with E-state index in [0.29, 0.717) is 12.5 Å². The summed E-state index contributed by atoms with van der Waals surface area (Å²) >= 11 is 0. The molecule has 5 nitrogen and oxygen atoms in total. The fourth-order valence-electron chi connectivity index (χ4n) is 1.53. The first-order valence-electron chi connectivity index (χ1n) is 5.58. The van der Waals surface area contributed by atoms with Gasteiger partial charge >= 0.3 is 0 Å². The van der Waals surface area contributed by atoms with Crippen molar-refractivity contribution in [2.75, 3.05) is 26.9 Å². The van der Waals surface area contributed by atoms with Crippen molar-refractivity contribution in [3.8, 4) is 0 Å². The molecule has 0 saturated heterocycles. The molecular formula is C11H21N3O2. The van der Waals surface area contributed by atoms with Crippen LogP contribution in [0.1, 0.15) is 12.5 Å². The van der Waals surface area contributed by atoms with E-state index in [1.165, 1.54) is 0 Å². The molecule has 92 valence electrons. The number of rotatable bonds is 8. The molecule has 0 saturated carbocycles. The number of nitrogens with one attached hydrogen (secondary N) is 1. The Labute approximate surface area is 96.4 Å². The smallest absolute Gasteiger partial charge is 0.0640 e. The van der Waals surface area contributed by atoms with E-state index in [9.17, 15) is 0 Å². The molecule has 1 unspecified atom stereocenters. The summed E-state index contributed by atoms with van der Waals surface area (Å²) < 4.78 is 6.80. The maximum Gasteiger partial charge on any atom is 0.0640 e. The average molecular weight is 227 g/mol. The van der Waals surface area contributed by atoms with Gasteiger partial charge in [0.25, 0.3) is 0 Å². The van der Waals surface area contributed by atoms with Crippen LogP contribution in [0.3, 0.4) is 0 Å². The van der Waals surface area contributed by atoms with Crippen molar-refractivity contribution < 1.29 is 9.84 Å². The van der Waals surface area contributed by atoms with Gasteiger partial charge in [0.15, 0.2) is 0 Å². The molecule has 0 fully saturated rings. The SMILES string of the molecule is COCC(C)CNCc1cnn(CCO)c1. The van der Waals surface area contributed by atoms with Gasteiger partial charge in [0.05, 0.1) is 19.3 Å². The van der Waals surface area contributed by atoms with Crippen LogP contribution >= 0.6 is 0 Å². The van der Waals surface area contributed by atoms with Gasteiger partial charge in [0.1, 0.15) is 0 Å². The van der Waals surface area contributed by atoms with Crippen LogP contribution in [0.2, 0.25) is 0 Å². The van der Waals surface area contributed by atoms with Gasteiger partial charge in [-0.05, 0) is 5.92 Å². The van der Waals surface area contributed by atoms with Crippen LogP contribution in [0.25, 0.3) is 0 Å². The van der Waals surface area contributed by atoms with Crippen LogP contribution in [-0.4, -0.2) is 41.8 Å². The van der Waals surface area contributed by atoms with E-state index in [2.05, 4.69) is 17.3 Å². The molecule has 16 heavy (non-hydrogen) atoms. The van der Waals surface area contributed by atoms with Gasteiger partial charge in [-0.1, -0.05) is 6.92 Å². The number of aromatic nitrogens is 2. The van der Waals surface area contributed by atoms with Crippen LogP contribution in [0.4, 0.5) is 0 Å².